The molecule has 0 spiro atoms. The fraction of sp³-hybridized carbons (Fsp3) is 0.381. The number of benzene rings is 2. The fourth-order valence-electron chi connectivity index (χ4n) is 3.20. The molecule has 1 saturated heterocycles. The van der Waals surface area contributed by atoms with E-state index in [0.717, 1.165) is 24.2 Å². The van der Waals surface area contributed by atoms with E-state index in [-0.39, 0.29) is 30.1 Å². The Hall–Kier alpha value is -3.13. The lowest BCUT2D eigenvalue weighted by molar-refractivity contribution is -0.384. The molecular formula is C21H24N2O6. The minimum atomic E-state index is -0.499. The van der Waals surface area contributed by atoms with E-state index >= 15 is 0 Å². The topological polar surface area (TPSA) is 91.1 Å². The Balaban J connectivity index is 1.67. The van der Waals surface area contributed by atoms with E-state index in [2.05, 4.69) is 0 Å². The smallest absolute Gasteiger partial charge is 0.273 e. The van der Waals surface area contributed by atoms with Gasteiger partial charge < -0.3 is 19.1 Å². The molecule has 154 valence electrons. The molecule has 0 aromatic heterocycles. The summed E-state index contributed by atoms with van der Waals surface area (Å²) in [5.74, 6) is 0.792. The number of ether oxygens (including phenoxy) is 3. The van der Waals surface area contributed by atoms with E-state index in [1.54, 1.807) is 18.1 Å². The van der Waals surface area contributed by atoms with Crippen LogP contribution in [0.4, 0.5) is 5.69 Å². The van der Waals surface area contributed by atoms with Crippen LogP contribution in [0.3, 0.4) is 0 Å². The molecule has 1 amide bonds. The monoisotopic (exact) mass is 400 g/mol. The number of rotatable bonds is 9. The lowest BCUT2D eigenvalue weighted by Crippen LogP contribution is -2.39. The van der Waals surface area contributed by atoms with Gasteiger partial charge in [0.15, 0.2) is 6.61 Å². The molecule has 1 unspecified atom stereocenters. The molecule has 29 heavy (non-hydrogen) atoms. The first-order chi connectivity index (χ1) is 14.0. The minimum absolute atomic E-state index is 0.00219. The number of nitro benzene ring substituents is 1. The molecule has 1 aliphatic heterocycles. The zero-order valence-corrected chi connectivity index (χ0v) is 16.3. The van der Waals surface area contributed by atoms with Crippen molar-refractivity contribution in [3.8, 4) is 11.5 Å². The maximum atomic E-state index is 12.9. The summed E-state index contributed by atoms with van der Waals surface area (Å²) in [5.41, 5.74) is 0.855. The van der Waals surface area contributed by atoms with Gasteiger partial charge in [0.05, 0.1) is 24.2 Å². The normalized spacial score (nSPS) is 15.7. The summed E-state index contributed by atoms with van der Waals surface area (Å²) in [6, 6.07) is 13.3. The highest BCUT2D eigenvalue weighted by Gasteiger charge is 2.23. The van der Waals surface area contributed by atoms with E-state index < -0.39 is 4.92 Å². The molecule has 0 saturated carbocycles. The van der Waals surface area contributed by atoms with Gasteiger partial charge in [-0.3, -0.25) is 14.9 Å². The van der Waals surface area contributed by atoms with Crippen LogP contribution in [-0.4, -0.2) is 48.7 Å². The number of nitrogens with zero attached hydrogens (tertiary/aromatic N) is 2. The predicted octanol–water partition coefficient (Wildman–Crippen LogP) is 3.19. The second kappa shape index (κ2) is 9.88. The number of hydrogen-bond acceptors (Lipinski definition) is 6. The third-order valence-electron chi connectivity index (χ3n) is 4.70. The zero-order valence-electron chi connectivity index (χ0n) is 16.3. The maximum Gasteiger partial charge on any atom is 0.273 e. The van der Waals surface area contributed by atoms with Gasteiger partial charge in [-0.1, -0.05) is 18.2 Å². The van der Waals surface area contributed by atoms with Crippen molar-refractivity contribution < 1.29 is 23.9 Å². The highest BCUT2D eigenvalue weighted by atomic mass is 16.6. The van der Waals surface area contributed by atoms with E-state index in [9.17, 15) is 14.9 Å². The maximum absolute atomic E-state index is 12.9. The molecule has 8 nitrogen and oxygen atoms in total. The Bertz CT molecular complexity index is 851. The SMILES string of the molecule is COc1cccc(CN(CC2CCCO2)C(=O)COc2cccc([N+](=O)[O-])c2)c1. The van der Waals surface area contributed by atoms with Crippen molar-refractivity contribution in [1.29, 1.82) is 0 Å². The summed E-state index contributed by atoms with van der Waals surface area (Å²) in [5, 5.41) is 10.9. The highest BCUT2D eigenvalue weighted by Crippen LogP contribution is 2.20. The lowest BCUT2D eigenvalue weighted by atomic mass is 10.1. The van der Waals surface area contributed by atoms with Crippen LogP contribution < -0.4 is 9.47 Å². The molecule has 2 aromatic carbocycles. The number of nitro groups is 1. The third-order valence-corrected chi connectivity index (χ3v) is 4.70. The fourth-order valence-corrected chi connectivity index (χ4v) is 3.20. The van der Waals surface area contributed by atoms with Crippen molar-refractivity contribution in [1.82, 2.24) is 4.90 Å². The number of amides is 1. The molecule has 0 bridgehead atoms. The molecule has 8 heteroatoms. The van der Waals surface area contributed by atoms with Gasteiger partial charge in [-0.25, -0.2) is 0 Å². The van der Waals surface area contributed by atoms with E-state index in [0.29, 0.717) is 19.7 Å². The predicted molar refractivity (Wildman–Crippen MR) is 106 cm³/mol. The van der Waals surface area contributed by atoms with Crippen LogP contribution in [0.1, 0.15) is 18.4 Å². The van der Waals surface area contributed by atoms with Crippen LogP contribution in [0, 0.1) is 10.1 Å². The van der Waals surface area contributed by atoms with Gasteiger partial charge in [0, 0.05) is 25.8 Å². The Morgan fingerprint density at radius 3 is 2.76 bits per heavy atom. The average Bonchev–Trinajstić information content (AvgIpc) is 3.25. The number of carbonyl (C=O) groups excluding carboxylic acids is 1. The second-order valence-electron chi connectivity index (χ2n) is 6.80. The van der Waals surface area contributed by atoms with E-state index in [1.807, 2.05) is 24.3 Å². The van der Waals surface area contributed by atoms with Gasteiger partial charge in [0.2, 0.25) is 0 Å². The van der Waals surface area contributed by atoms with Crippen LogP contribution in [0.15, 0.2) is 48.5 Å². The number of carbonyl (C=O) groups is 1. The average molecular weight is 400 g/mol. The highest BCUT2D eigenvalue weighted by molar-refractivity contribution is 5.78. The zero-order chi connectivity index (χ0) is 20.6. The first kappa shape index (κ1) is 20.6. The van der Waals surface area contributed by atoms with Crippen molar-refractivity contribution in [2.75, 3.05) is 26.9 Å². The van der Waals surface area contributed by atoms with Crippen molar-refractivity contribution in [2.45, 2.75) is 25.5 Å². The van der Waals surface area contributed by atoms with Crippen LogP contribution in [0.2, 0.25) is 0 Å². The van der Waals surface area contributed by atoms with Gasteiger partial charge in [0.25, 0.3) is 11.6 Å². The molecule has 3 rings (SSSR count). The van der Waals surface area contributed by atoms with Gasteiger partial charge in [0.1, 0.15) is 11.5 Å². The van der Waals surface area contributed by atoms with Crippen molar-refractivity contribution in [2.24, 2.45) is 0 Å². The van der Waals surface area contributed by atoms with Gasteiger partial charge in [-0.15, -0.1) is 0 Å². The van der Waals surface area contributed by atoms with Crippen molar-refractivity contribution in [3.63, 3.8) is 0 Å². The summed E-state index contributed by atoms with van der Waals surface area (Å²) in [6.45, 7) is 1.36. The van der Waals surface area contributed by atoms with Crippen LogP contribution >= 0.6 is 0 Å². The molecule has 1 aliphatic rings. The summed E-state index contributed by atoms with van der Waals surface area (Å²) >= 11 is 0. The largest absolute Gasteiger partial charge is 0.497 e. The van der Waals surface area contributed by atoms with Crippen LogP contribution in [-0.2, 0) is 16.1 Å². The van der Waals surface area contributed by atoms with Gasteiger partial charge >= 0.3 is 0 Å². The number of non-ortho nitro benzene ring substituents is 1. The Labute approximate surface area is 169 Å². The summed E-state index contributed by atoms with van der Waals surface area (Å²) in [7, 11) is 1.60. The van der Waals surface area contributed by atoms with Gasteiger partial charge in [-0.2, -0.15) is 0 Å². The number of hydrogen-bond donors (Lipinski definition) is 0. The Morgan fingerprint density at radius 2 is 2.03 bits per heavy atom. The van der Waals surface area contributed by atoms with Crippen LogP contribution in [0.5, 0.6) is 11.5 Å². The second-order valence-corrected chi connectivity index (χ2v) is 6.80. The van der Waals surface area contributed by atoms with E-state index in [4.69, 9.17) is 14.2 Å². The molecule has 0 N–H and O–H groups in total. The summed E-state index contributed by atoms with van der Waals surface area (Å²) < 4.78 is 16.5. The minimum Gasteiger partial charge on any atom is -0.497 e. The molecule has 0 radical (unpaired) electrons. The quantitative estimate of drug-likeness (QED) is 0.474. The van der Waals surface area contributed by atoms with Crippen LogP contribution in [0.25, 0.3) is 0 Å². The van der Waals surface area contributed by atoms with Gasteiger partial charge in [-0.05, 0) is 36.6 Å². The molecule has 1 heterocycles. The molecule has 2 aromatic rings. The third kappa shape index (κ3) is 5.92. The lowest BCUT2D eigenvalue weighted by Gasteiger charge is -2.26. The Kier molecular flexibility index (Phi) is 7.02. The summed E-state index contributed by atoms with van der Waals surface area (Å²) in [6.07, 6.45) is 1.89. The molecular weight excluding hydrogens is 376 g/mol. The first-order valence-corrected chi connectivity index (χ1v) is 9.44. The van der Waals surface area contributed by atoms with Crippen molar-refractivity contribution >= 4 is 11.6 Å². The Morgan fingerprint density at radius 1 is 1.24 bits per heavy atom. The summed E-state index contributed by atoms with van der Waals surface area (Å²) in [4.78, 5) is 25.0. The van der Waals surface area contributed by atoms with Crippen molar-refractivity contribution in [3.05, 3.63) is 64.2 Å². The molecule has 1 atom stereocenters. The molecule has 0 aliphatic carbocycles. The number of methoxy groups -OCH3 is 1. The molecule has 1 fully saturated rings. The van der Waals surface area contributed by atoms with E-state index in [1.165, 1.54) is 18.2 Å². The first-order valence-electron chi connectivity index (χ1n) is 9.44. The standard InChI is InChI=1S/C21H24N2O6/c1-27-18-7-2-5-16(11-18)13-22(14-20-9-4-10-28-20)21(24)15-29-19-8-3-6-17(12-19)23(25)26/h2-3,5-8,11-12,20H,4,9-10,13-15H2,1H3.